The van der Waals surface area contributed by atoms with Crippen molar-refractivity contribution in [3.8, 4) is 0 Å². The molecule has 2 N–H and O–H groups in total. The average Bonchev–Trinajstić information content (AvgIpc) is 2.30. The second-order valence-corrected chi connectivity index (χ2v) is 4.53. The molecule has 0 aliphatic carbocycles. The predicted molar refractivity (Wildman–Crippen MR) is 75.4 cm³/mol. The Morgan fingerprint density at radius 3 is 2.39 bits per heavy atom. The molecule has 0 saturated heterocycles. The van der Waals surface area contributed by atoms with E-state index in [0.717, 1.165) is 6.42 Å². The van der Waals surface area contributed by atoms with E-state index < -0.39 is 0 Å². The number of para-hydroxylation sites is 1. The molecule has 1 aromatic carbocycles. The molecule has 0 aliphatic heterocycles. The molecule has 98 valence electrons. The van der Waals surface area contributed by atoms with E-state index in [9.17, 15) is 4.79 Å². The number of carbonyl (C=O) groups is 1. The fraction of sp³-hybridized carbons (Fsp3) is 0.333. The third-order valence-corrected chi connectivity index (χ3v) is 2.88. The largest absolute Gasteiger partial charge is 0.369 e. The fourth-order valence-corrected chi connectivity index (χ4v) is 1.91. The molecule has 1 amide bonds. The van der Waals surface area contributed by atoms with Gasteiger partial charge < -0.3 is 5.73 Å². The van der Waals surface area contributed by atoms with E-state index in [0.29, 0.717) is 22.3 Å². The van der Waals surface area contributed by atoms with Crippen LogP contribution in [0.2, 0.25) is 10.0 Å². The van der Waals surface area contributed by atoms with Gasteiger partial charge in [-0.1, -0.05) is 36.2 Å². The number of halogens is 2. The first-order chi connectivity index (χ1) is 8.47. The zero-order valence-corrected chi connectivity index (χ0v) is 11.8. The van der Waals surface area contributed by atoms with E-state index in [-0.39, 0.29) is 11.9 Å². The van der Waals surface area contributed by atoms with Gasteiger partial charge in [0.1, 0.15) is 5.69 Å². The molecule has 0 aromatic heterocycles. The maximum absolute atomic E-state index is 11.4. The maximum Gasteiger partial charge on any atom is 0.226 e. The van der Waals surface area contributed by atoms with Crippen LogP contribution in [0.4, 0.5) is 5.69 Å². The molecule has 0 fully saturated rings. The van der Waals surface area contributed by atoms with Crippen molar-refractivity contribution >= 4 is 40.8 Å². The highest BCUT2D eigenvalue weighted by Gasteiger charge is 2.13. The average molecular weight is 288 g/mol. The molecule has 4 nitrogen and oxygen atoms in total. The number of carbonyl (C=O) groups excluding carboxylic acids is 1. The van der Waals surface area contributed by atoms with Crippen LogP contribution >= 0.6 is 23.2 Å². The summed E-state index contributed by atoms with van der Waals surface area (Å²) in [6, 6.07) is 5.05. The van der Waals surface area contributed by atoms with E-state index in [4.69, 9.17) is 28.9 Å². The van der Waals surface area contributed by atoms with Gasteiger partial charge in [-0.15, -0.1) is 0 Å². The van der Waals surface area contributed by atoms with Gasteiger partial charge in [0, 0.05) is 13.5 Å². The van der Waals surface area contributed by atoms with Crippen LogP contribution in [0.1, 0.15) is 20.3 Å². The van der Waals surface area contributed by atoms with Gasteiger partial charge in [0.15, 0.2) is 0 Å². The Morgan fingerprint density at radius 2 is 1.94 bits per heavy atom. The Kier molecular flexibility index (Phi) is 5.44. The van der Waals surface area contributed by atoms with Gasteiger partial charge in [-0.25, -0.2) is 4.99 Å². The van der Waals surface area contributed by atoms with Crippen molar-refractivity contribution in [2.24, 2.45) is 10.7 Å². The fourth-order valence-electron chi connectivity index (χ4n) is 1.43. The van der Waals surface area contributed by atoms with Crippen molar-refractivity contribution in [1.29, 1.82) is 0 Å². The molecule has 0 saturated carbocycles. The Hall–Kier alpha value is -1.26. The zero-order chi connectivity index (χ0) is 13.7. The summed E-state index contributed by atoms with van der Waals surface area (Å²) in [4.78, 5) is 17.0. The standard InChI is InChI=1S/C12H15Cl2N3O/c1-3-7-17(8(2)18)12(15)16-11-9(13)5-4-6-10(11)14/h4-6H,3,7H2,1-2H3,(H2,15,16). The highest BCUT2D eigenvalue weighted by atomic mass is 35.5. The van der Waals surface area contributed by atoms with Crippen molar-refractivity contribution in [3.05, 3.63) is 28.2 Å². The van der Waals surface area contributed by atoms with Crippen LogP contribution in [0.5, 0.6) is 0 Å². The molecule has 0 spiro atoms. The van der Waals surface area contributed by atoms with E-state index >= 15 is 0 Å². The summed E-state index contributed by atoms with van der Waals surface area (Å²) in [6.45, 7) is 3.89. The van der Waals surface area contributed by atoms with E-state index in [1.807, 2.05) is 6.92 Å². The van der Waals surface area contributed by atoms with Crippen LogP contribution in [0, 0.1) is 0 Å². The molecule has 1 rings (SSSR count). The number of amides is 1. The summed E-state index contributed by atoms with van der Waals surface area (Å²) in [6.07, 6.45) is 0.784. The Balaban J connectivity index is 3.11. The Morgan fingerprint density at radius 1 is 1.39 bits per heavy atom. The third-order valence-electron chi connectivity index (χ3n) is 2.27. The van der Waals surface area contributed by atoms with Gasteiger partial charge >= 0.3 is 0 Å². The predicted octanol–water partition coefficient (Wildman–Crippen LogP) is 3.20. The summed E-state index contributed by atoms with van der Waals surface area (Å²) in [5.41, 5.74) is 6.19. The highest BCUT2D eigenvalue weighted by molar-refractivity contribution is 6.38. The number of aliphatic imine (C=N–C) groups is 1. The molecule has 0 aliphatic rings. The minimum atomic E-state index is -0.165. The third kappa shape index (κ3) is 3.62. The zero-order valence-electron chi connectivity index (χ0n) is 10.3. The van der Waals surface area contributed by atoms with E-state index in [1.165, 1.54) is 11.8 Å². The monoisotopic (exact) mass is 287 g/mol. The van der Waals surface area contributed by atoms with Gasteiger partial charge in [-0.3, -0.25) is 9.69 Å². The van der Waals surface area contributed by atoms with Crippen LogP contribution in [0.25, 0.3) is 0 Å². The van der Waals surface area contributed by atoms with Crippen molar-refractivity contribution < 1.29 is 4.79 Å². The first-order valence-electron chi connectivity index (χ1n) is 5.53. The van der Waals surface area contributed by atoms with Crippen LogP contribution in [0.3, 0.4) is 0 Å². The van der Waals surface area contributed by atoms with Crippen molar-refractivity contribution in [2.45, 2.75) is 20.3 Å². The van der Waals surface area contributed by atoms with Crippen molar-refractivity contribution in [3.63, 3.8) is 0 Å². The molecule has 0 bridgehead atoms. The van der Waals surface area contributed by atoms with Crippen LogP contribution in [-0.2, 0) is 4.79 Å². The first-order valence-corrected chi connectivity index (χ1v) is 6.29. The topological polar surface area (TPSA) is 58.7 Å². The first kappa shape index (κ1) is 14.8. The van der Waals surface area contributed by atoms with Crippen LogP contribution in [-0.4, -0.2) is 23.3 Å². The molecule has 18 heavy (non-hydrogen) atoms. The molecular weight excluding hydrogens is 273 g/mol. The lowest BCUT2D eigenvalue weighted by molar-refractivity contribution is -0.125. The van der Waals surface area contributed by atoms with Crippen LogP contribution in [0.15, 0.2) is 23.2 Å². The Labute approximate surface area is 116 Å². The molecule has 0 radical (unpaired) electrons. The summed E-state index contributed by atoms with van der Waals surface area (Å²) < 4.78 is 0. The molecule has 6 heteroatoms. The van der Waals surface area contributed by atoms with Gasteiger partial charge in [0.25, 0.3) is 0 Å². The van der Waals surface area contributed by atoms with Crippen LogP contribution < -0.4 is 5.73 Å². The number of benzene rings is 1. The second kappa shape index (κ2) is 6.61. The number of hydrogen-bond donors (Lipinski definition) is 1. The number of guanidine groups is 1. The molecule has 1 aromatic rings. The maximum atomic E-state index is 11.4. The minimum Gasteiger partial charge on any atom is -0.369 e. The lowest BCUT2D eigenvalue weighted by Gasteiger charge is -2.19. The SMILES string of the molecule is CCCN(C(C)=O)C(N)=Nc1c(Cl)cccc1Cl. The van der Waals surface area contributed by atoms with Gasteiger partial charge in [0.2, 0.25) is 11.9 Å². The van der Waals surface area contributed by atoms with E-state index in [1.54, 1.807) is 18.2 Å². The second-order valence-electron chi connectivity index (χ2n) is 3.71. The van der Waals surface area contributed by atoms with Gasteiger partial charge in [-0.05, 0) is 18.6 Å². The summed E-state index contributed by atoms with van der Waals surface area (Å²) in [5, 5.41) is 0.788. The summed E-state index contributed by atoms with van der Waals surface area (Å²) in [5.74, 6) is -0.0689. The number of nitrogens with zero attached hydrogens (tertiary/aromatic N) is 2. The Bertz CT molecular complexity index is 454. The van der Waals surface area contributed by atoms with Gasteiger partial charge in [0.05, 0.1) is 10.0 Å². The van der Waals surface area contributed by atoms with Crippen molar-refractivity contribution in [1.82, 2.24) is 4.90 Å². The summed E-state index contributed by atoms with van der Waals surface area (Å²) >= 11 is 12.0. The van der Waals surface area contributed by atoms with E-state index in [2.05, 4.69) is 4.99 Å². The van der Waals surface area contributed by atoms with Crippen molar-refractivity contribution in [2.75, 3.05) is 6.54 Å². The lowest BCUT2D eigenvalue weighted by atomic mass is 10.3. The number of hydrogen-bond acceptors (Lipinski definition) is 2. The number of nitrogens with two attached hydrogens (primary N) is 1. The molecule has 0 atom stereocenters. The van der Waals surface area contributed by atoms with Gasteiger partial charge in [-0.2, -0.15) is 0 Å². The quantitative estimate of drug-likeness (QED) is 0.686. The molecular formula is C12H15Cl2N3O. The summed E-state index contributed by atoms with van der Waals surface area (Å²) in [7, 11) is 0. The molecule has 0 heterocycles. The molecule has 0 unspecified atom stereocenters. The smallest absolute Gasteiger partial charge is 0.226 e. The number of rotatable bonds is 3. The normalized spacial score (nSPS) is 11.4. The minimum absolute atomic E-state index is 0.0966. The highest BCUT2D eigenvalue weighted by Crippen LogP contribution is 2.32. The lowest BCUT2D eigenvalue weighted by Crippen LogP contribution is -2.41.